The number of carbonyl (C=O) groups excluding carboxylic acids is 2. The second-order valence-corrected chi connectivity index (χ2v) is 8.60. The number of carbonyl (C=O) groups is 2. The molecule has 1 aliphatic heterocycles. The molecular formula is C28H24FN3O2. The summed E-state index contributed by atoms with van der Waals surface area (Å²) in [4.78, 5) is 26.3. The van der Waals surface area contributed by atoms with Crippen LogP contribution < -0.4 is 10.6 Å². The van der Waals surface area contributed by atoms with Gasteiger partial charge in [0, 0.05) is 40.9 Å². The first-order valence-electron chi connectivity index (χ1n) is 11.1. The molecule has 34 heavy (non-hydrogen) atoms. The number of amides is 1. The average molecular weight is 454 g/mol. The monoisotopic (exact) mass is 453 g/mol. The van der Waals surface area contributed by atoms with E-state index in [4.69, 9.17) is 0 Å². The van der Waals surface area contributed by atoms with E-state index in [-0.39, 0.29) is 11.3 Å². The lowest BCUT2D eigenvalue weighted by Crippen LogP contribution is -2.23. The predicted octanol–water partition coefficient (Wildman–Crippen LogP) is 5.89. The zero-order valence-corrected chi connectivity index (χ0v) is 18.9. The van der Waals surface area contributed by atoms with E-state index >= 15 is 0 Å². The summed E-state index contributed by atoms with van der Waals surface area (Å²) < 4.78 is 15.7. The van der Waals surface area contributed by atoms with E-state index in [1.807, 2.05) is 43.5 Å². The first-order valence-corrected chi connectivity index (χ1v) is 11.1. The number of hydrogen-bond donors (Lipinski definition) is 2. The lowest BCUT2D eigenvalue weighted by Gasteiger charge is -2.19. The Morgan fingerprint density at radius 3 is 2.59 bits per heavy atom. The molecule has 0 bridgehead atoms. The second-order valence-electron chi connectivity index (χ2n) is 8.60. The number of ketones is 1. The number of aryl methyl sites for hydroxylation is 2. The number of aromatic nitrogens is 1. The molecule has 2 N–H and O–H groups in total. The van der Waals surface area contributed by atoms with Crippen LogP contribution in [0.1, 0.15) is 49.1 Å². The molecule has 2 heterocycles. The highest BCUT2D eigenvalue weighted by atomic mass is 19.1. The number of rotatable bonds is 4. The molecule has 0 radical (unpaired) electrons. The van der Waals surface area contributed by atoms with Gasteiger partial charge in [-0.05, 0) is 79.1 Å². The van der Waals surface area contributed by atoms with Crippen molar-refractivity contribution in [3.8, 4) is 0 Å². The molecule has 1 atom stereocenters. The summed E-state index contributed by atoms with van der Waals surface area (Å²) in [6.07, 6.45) is 1.99. The Morgan fingerprint density at radius 2 is 1.76 bits per heavy atom. The molecule has 1 aromatic heterocycles. The number of nitrogens with one attached hydrogen (secondary N) is 2. The molecular weight excluding hydrogens is 429 g/mol. The molecule has 0 spiro atoms. The van der Waals surface area contributed by atoms with Gasteiger partial charge >= 0.3 is 0 Å². The van der Waals surface area contributed by atoms with Crippen molar-refractivity contribution in [1.82, 2.24) is 4.57 Å². The molecule has 0 fully saturated rings. The molecule has 0 aliphatic carbocycles. The van der Waals surface area contributed by atoms with Crippen molar-refractivity contribution in [2.75, 3.05) is 10.6 Å². The van der Waals surface area contributed by atoms with Crippen LogP contribution in [0.25, 0.3) is 0 Å². The largest absolute Gasteiger partial charge is 0.370 e. The third-order valence-corrected chi connectivity index (χ3v) is 6.27. The summed E-state index contributed by atoms with van der Waals surface area (Å²) >= 11 is 0. The number of fused-ring (bicyclic) bond motifs is 2. The molecule has 6 heteroatoms. The lowest BCUT2D eigenvalue weighted by molar-refractivity contribution is 0.0966. The summed E-state index contributed by atoms with van der Waals surface area (Å²) in [7, 11) is 0. The number of anilines is 2. The van der Waals surface area contributed by atoms with Gasteiger partial charge in [-0.25, -0.2) is 4.39 Å². The Kier molecular flexibility index (Phi) is 5.49. The second kappa shape index (κ2) is 8.63. The number of halogens is 1. The topological polar surface area (TPSA) is 63.1 Å². The summed E-state index contributed by atoms with van der Waals surface area (Å²) in [5.41, 5.74) is 5.80. The Labute approximate surface area is 197 Å². The molecule has 0 saturated carbocycles. The van der Waals surface area contributed by atoms with Gasteiger partial charge in [-0.2, -0.15) is 0 Å². The van der Waals surface area contributed by atoms with E-state index in [0.29, 0.717) is 23.4 Å². The SMILES string of the molecule is Cc1ccc(F)cc1C(=O)Nc1ccc(C(=O)C2Nc3ccccc3Cn3cccc32)c(C)c1. The van der Waals surface area contributed by atoms with Gasteiger partial charge in [-0.15, -0.1) is 0 Å². The average Bonchev–Trinajstić information content (AvgIpc) is 3.21. The van der Waals surface area contributed by atoms with Crippen molar-refractivity contribution in [1.29, 1.82) is 0 Å². The number of Topliss-reactive ketones (excluding diaryl/α,β-unsaturated/α-hetero) is 1. The predicted molar refractivity (Wildman–Crippen MR) is 131 cm³/mol. The van der Waals surface area contributed by atoms with E-state index in [1.54, 1.807) is 31.2 Å². The standard InChI is InChI=1S/C28H24FN3O2/c1-17-9-10-20(29)15-23(17)28(34)30-21-11-12-22(18(2)14-21)27(33)26-25-8-5-13-32(25)16-19-6-3-4-7-24(19)31-26/h3-15,26,31H,16H2,1-2H3,(H,30,34). The Morgan fingerprint density at radius 1 is 0.941 bits per heavy atom. The van der Waals surface area contributed by atoms with Crippen LogP contribution in [0.3, 0.4) is 0 Å². The number of para-hydroxylation sites is 1. The van der Waals surface area contributed by atoms with Crippen LogP contribution in [0.5, 0.6) is 0 Å². The first kappa shape index (κ1) is 21.6. The van der Waals surface area contributed by atoms with Crippen molar-refractivity contribution in [2.24, 2.45) is 0 Å². The molecule has 1 amide bonds. The van der Waals surface area contributed by atoms with E-state index in [1.165, 1.54) is 12.1 Å². The van der Waals surface area contributed by atoms with Gasteiger partial charge in [-0.1, -0.05) is 24.3 Å². The van der Waals surface area contributed by atoms with Crippen LogP contribution in [0.15, 0.2) is 79.0 Å². The third kappa shape index (κ3) is 3.99. The van der Waals surface area contributed by atoms with Crippen molar-refractivity contribution < 1.29 is 14.0 Å². The molecule has 3 aromatic carbocycles. The minimum absolute atomic E-state index is 0.0481. The summed E-state index contributed by atoms with van der Waals surface area (Å²) in [6, 6.07) is 20.7. The van der Waals surface area contributed by atoms with Gasteiger partial charge in [0.2, 0.25) is 0 Å². The maximum Gasteiger partial charge on any atom is 0.256 e. The van der Waals surface area contributed by atoms with Crippen LogP contribution in [0.2, 0.25) is 0 Å². The summed E-state index contributed by atoms with van der Waals surface area (Å²) in [5, 5.41) is 6.24. The minimum atomic E-state index is -0.535. The van der Waals surface area contributed by atoms with Gasteiger partial charge in [0.25, 0.3) is 5.91 Å². The van der Waals surface area contributed by atoms with E-state index in [9.17, 15) is 14.0 Å². The normalized spacial score (nSPS) is 14.4. The van der Waals surface area contributed by atoms with Crippen LogP contribution in [-0.4, -0.2) is 16.3 Å². The van der Waals surface area contributed by atoms with Crippen LogP contribution >= 0.6 is 0 Å². The highest BCUT2D eigenvalue weighted by Crippen LogP contribution is 2.32. The molecule has 0 saturated heterocycles. The van der Waals surface area contributed by atoms with Crippen LogP contribution in [0, 0.1) is 19.7 Å². The van der Waals surface area contributed by atoms with Crippen LogP contribution in [0.4, 0.5) is 15.8 Å². The zero-order valence-electron chi connectivity index (χ0n) is 18.9. The summed E-state index contributed by atoms with van der Waals surface area (Å²) in [6.45, 7) is 4.30. The van der Waals surface area contributed by atoms with Crippen molar-refractivity contribution in [3.63, 3.8) is 0 Å². The molecule has 1 aliphatic rings. The van der Waals surface area contributed by atoms with Crippen LogP contribution in [-0.2, 0) is 6.54 Å². The summed E-state index contributed by atoms with van der Waals surface area (Å²) in [5.74, 6) is -0.904. The fraction of sp³-hybridized carbons (Fsp3) is 0.143. The Balaban J connectivity index is 1.42. The highest BCUT2D eigenvalue weighted by Gasteiger charge is 2.29. The van der Waals surface area contributed by atoms with Gasteiger partial charge in [0.15, 0.2) is 5.78 Å². The van der Waals surface area contributed by atoms with Crippen molar-refractivity contribution >= 4 is 23.1 Å². The van der Waals surface area contributed by atoms with Crippen molar-refractivity contribution in [2.45, 2.75) is 26.4 Å². The minimum Gasteiger partial charge on any atom is -0.370 e. The number of benzene rings is 3. The fourth-order valence-electron chi connectivity index (χ4n) is 4.46. The van der Waals surface area contributed by atoms with Gasteiger partial charge < -0.3 is 15.2 Å². The van der Waals surface area contributed by atoms with E-state index in [2.05, 4.69) is 21.3 Å². The molecule has 5 rings (SSSR count). The Hall–Kier alpha value is -4.19. The molecule has 5 nitrogen and oxygen atoms in total. The molecule has 1 unspecified atom stereocenters. The maximum atomic E-state index is 13.7. The third-order valence-electron chi connectivity index (χ3n) is 6.27. The Bertz CT molecular complexity index is 1420. The van der Waals surface area contributed by atoms with E-state index < -0.39 is 17.8 Å². The fourth-order valence-corrected chi connectivity index (χ4v) is 4.46. The number of hydrogen-bond acceptors (Lipinski definition) is 3. The molecule has 4 aromatic rings. The number of nitrogens with zero attached hydrogens (tertiary/aromatic N) is 1. The lowest BCUT2D eigenvalue weighted by atomic mass is 9.96. The van der Waals surface area contributed by atoms with Crippen molar-refractivity contribution in [3.05, 3.63) is 118 Å². The van der Waals surface area contributed by atoms with Gasteiger partial charge in [0.05, 0.1) is 0 Å². The zero-order chi connectivity index (χ0) is 23.8. The highest BCUT2D eigenvalue weighted by molar-refractivity contribution is 6.06. The quantitative estimate of drug-likeness (QED) is 0.379. The van der Waals surface area contributed by atoms with Gasteiger partial charge in [-0.3, -0.25) is 9.59 Å². The van der Waals surface area contributed by atoms with E-state index in [0.717, 1.165) is 22.5 Å². The molecule has 170 valence electrons. The first-order chi connectivity index (χ1) is 16.4. The van der Waals surface area contributed by atoms with Gasteiger partial charge in [0.1, 0.15) is 11.9 Å². The maximum absolute atomic E-state index is 13.7. The smallest absolute Gasteiger partial charge is 0.256 e.